The molecule has 120 valence electrons. The zero-order valence-corrected chi connectivity index (χ0v) is 13.3. The van der Waals surface area contributed by atoms with E-state index < -0.39 is 0 Å². The summed E-state index contributed by atoms with van der Waals surface area (Å²) in [5, 5.41) is 13.0. The van der Waals surface area contributed by atoms with Crippen molar-refractivity contribution in [2.24, 2.45) is 0 Å². The molecule has 0 saturated carbocycles. The number of hydrogen-bond donors (Lipinski definition) is 1. The zero-order chi connectivity index (χ0) is 16.9. The Morgan fingerprint density at radius 2 is 1.96 bits per heavy atom. The summed E-state index contributed by atoms with van der Waals surface area (Å²) in [7, 11) is 0. The van der Waals surface area contributed by atoms with E-state index in [1.54, 1.807) is 35.4 Å². The minimum absolute atomic E-state index is 0.211. The summed E-state index contributed by atoms with van der Waals surface area (Å²) in [6, 6.07) is 15.4. The highest BCUT2D eigenvalue weighted by molar-refractivity contribution is 6.33. The maximum Gasteiger partial charge on any atom is 0.166 e. The number of halogens is 2. The van der Waals surface area contributed by atoms with Crippen molar-refractivity contribution >= 4 is 23.0 Å². The maximum absolute atomic E-state index is 12.9. The molecule has 0 aliphatic carbocycles. The molecule has 3 rings (SSSR count). The van der Waals surface area contributed by atoms with E-state index in [1.807, 2.05) is 18.2 Å². The molecule has 0 bridgehead atoms. The van der Waals surface area contributed by atoms with Crippen molar-refractivity contribution in [3.63, 3.8) is 0 Å². The van der Waals surface area contributed by atoms with Crippen LogP contribution in [0.5, 0.6) is 0 Å². The van der Waals surface area contributed by atoms with E-state index in [1.165, 1.54) is 12.1 Å². The molecule has 6 heteroatoms. The first kappa shape index (κ1) is 15.9. The van der Waals surface area contributed by atoms with Gasteiger partial charge < -0.3 is 10.1 Å². The molecule has 0 unspecified atom stereocenters. The van der Waals surface area contributed by atoms with Crippen LogP contribution in [-0.4, -0.2) is 6.73 Å². The molecule has 2 aromatic carbocycles. The first-order chi connectivity index (χ1) is 11.7. The van der Waals surface area contributed by atoms with E-state index in [9.17, 15) is 9.65 Å². The molecule has 2 aromatic rings. The number of ether oxygens (including phenoxy) is 1. The number of para-hydroxylation sites is 1. The number of allylic oxidation sites excluding steroid dienone is 2. The second kappa shape index (κ2) is 7.07. The Kier molecular flexibility index (Phi) is 4.69. The minimum Gasteiger partial charge on any atom is -0.470 e. The van der Waals surface area contributed by atoms with Gasteiger partial charge in [-0.05, 0) is 42.5 Å². The summed E-state index contributed by atoms with van der Waals surface area (Å²) in [4.78, 5) is 1.71. The number of nitrogens with zero attached hydrogens (tertiary/aromatic N) is 2. The van der Waals surface area contributed by atoms with E-state index in [0.29, 0.717) is 22.2 Å². The predicted octanol–water partition coefficient (Wildman–Crippen LogP) is 4.63. The summed E-state index contributed by atoms with van der Waals surface area (Å²) in [6.07, 6.45) is 3.29. The topological polar surface area (TPSA) is 48.3 Å². The molecule has 0 aromatic heterocycles. The van der Waals surface area contributed by atoms with Gasteiger partial charge in [0.1, 0.15) is 11.9 Å². The summed E-state index contributed by atoms with van der Waals surface area (Å²) >= 11 is 6.18. The summed E-state index contributed by atoms with van der Waals surface area (Å²) in [5.41, 5.74) is 1.82. The van der Waals surface area contributed by atoms with E-state index in [2.05, 4.69) is 11.4 Å². The normalized spacial score (nSPS) is 14.0. The second-order valence-corrected chi connectivity index (χ2v) is 5.37. The first-order valence-electron chi connectivity index (χ1n) is 7.17. The zero-order valence-electron chi connectivity index (χ0n) is 12.5. The van der Waals surface area contributed by atoms with Crippen LogP contribution in [0.25, 0.3) is 0 Å². The van der Waals surface area contributed by atoms with Crippen molar-refractivity contribution in [2.45, 2.75) is 0 Å². The lowest BCUT2D eigenvalue weighted by Crippen LogP contribution is -2.18. The molecular formula is C18H13ClFN3O. The van der Waals surface area contributed by atoms with Gasteiger partial charge in [0.05, 0.1) is 10.7 Å². The molecule has 1 heterocycles. The van der Waals surface area contributed by atoms with Crippen molar-refractivity contribution in [1.29, 1.82) is 5.26 Å². The Balaban J connectivity index is 1.78. The largest absolute Gasteiger partial charge is 0.470 e. The van der Waals surface area contributed by atoms with Gasteiger partial charge in [0.2, 0.25) is 0 Å². The number of hydrogen-bond acceptors (Lipinski definition) is 4. The van der Waals surface area contributed by atoms with Crippen LogP contribution in [-0.2, 0) is 4.74 Å². The first-order valence-corrected chi connectivity index (χ1v) is 7.55. The van der Waals surface area contributed by atoms with Crippen LogP contribution in [0.4, 0.5) is 15.8 Å². The third-order valence-electron chi connectivity index (χ3n) is 3.43. The van der Waals surface area contributed by atoms with Gasteiger partial charge in [-0.25, -0.2) is 4.39 Å². The summed E-state index contributed by atoms with van der Waals surface area (Å²) in [5.74, 6) is 0.139. The smallest absolute Gasteiger partial charge is 0.166 e. The van der Waals surface area contributed by atoms with E-state index in [0.717, 1.165) is 5.69 Å². The Morgan fingerprint density at radius 3 is 2.67 bits per heavy atom. The highest BCUT2D eigenvalue weighted by atomic mass is 35.5. The molecule has 0 saturated heterocycles. The Morgan fingerprint density at radius 1 is 1.21 bits per heavy atom. The molecule has 0 radical (unpaired) electrons. The van der Waals surface area contributed by atoms with Crippen LogP contribution >= 0.6 is 11.6 Å². The van der Waals surface area contributed by atoms with Gasteiger partial charge in [-0.2, -0.15) is 5.26 Å². The number of rotatable bonds is 4. The lowest BCUT2D eigenvalue weighted by molar-refractivity contribution is 0.257. The molecule has 0 spiro atoms. The van der Waals surface area contributed by atoms with Crippen LogP contribution in [0, 0.1) is 17.1 Å². The van der Waals surface area contributed by atoms with Crippen LogP contribution < -0.4 is 10.2 Å². The Hall–Kier alpha value is -2.97. The van der Waals surface area contributed by atoms with Crippen LogP contribution in [0.15, 0.2) is 72.3 Å². The van der Waals surface area contributed by atoms with Crippen molar-refractivity contribution < 1.29 is 9.13 Å². The summed E-state index contributed by atoms with van der Waals surface area (Å²) < 4.78 is 18.4. The average Bonchev–Trinajstić information content (AvgIpc) is 3.00. The number of nitriles is 1. The molecule has 0 atom stereocenters. The molecule has 4 nitrogen and oxygen atoms in total. The van der Waals surface area contributed by atoms with Gasteiger partial charge in [-0.15, -0.1) is 0 Å². The number of anilines is 2. The third-order valence-corrected chi connectivity index (χ3v) is 3.75. The van der Waals surface area contributed by atoms with E-state index >= 15 is 0 Å². The van der Waals surface area contributed by atoms with Crippen molar-refractivity contribution in [1.82, 2.24) is 0 Å². The molecular weight excluding hydrogens is 329 g/mol. The van der Waals surface area contributed by atoms with Crippen LogP contribution in [0.1, 0.15) is 0 Å². The maximum atomic E-state index is 12.9. The monoisotopic (exact) mass is 341 g/mol. The average molecular weight is 342 g/mol. The molecule has 0 fully saturated rings. The van der Waals surface area contributed by atoms with Gasteiger partial charge in [0.15, 0.2) is 18.2 Å². The Bertz CT molecular complexity index is 840. The van der Waals surface area contributed by atoms with Gasteiger partial charge in [-0.1, -0.05) is 23.7 Å². The van der Waals surface area contributed by atoms with Gasteiger partial charge in [0, 0.05) is 11.9 Å². The van der Waals surface area contributed by atoms with Crippen LogP contribution in [0.2, 0.25) is 5.02 Å². The second-order valence-electron chi connectivity index (χ2n) is 4.96. The lowest BCUT2D eigenvalue weighted by Gasteiger charge is -2.16. The van der Waals surface area contributed by atoms with Crippen molar-refractivity contribution in [3.05, 3.63) is 83.1 Å². The molecule has 1 N–H and O–H groups in total. The molecule has 0 amide bonds. The minimum atomic E-state index is -0.298. The third kappa shape index (κ3) is 3.34. The lowest BCUT2D eigenvalue weighted by atomic mass is 10.2. The Labute approximate surface area is 144 Å². The highest BCUT2D eigenvalue weighted by Crippen LogP contribution is 2.32. The van der Waals surface area contributed by atoms with Crippen LogP contribution in [0.3, 0.4) is 0 Å². The van der Waals surface area contributed by atoms with Crippen molar-refractivity contribution in [2.75, 3.05) is 16.9 Å². The fourth-order valence-electron chi connectivity index (χ4n) is 2.26. The van der Waals surface area contributed by atoms with Gasteiger partial charge in [0.25, 0.3) is 0 Å². The fourth-order valence-corrected chi connectivity index (χ4v) is 2.50. The molecule has 1 aliphatic rings. The van der Waals surface area contributed by atoms with Crippen molar-refractivity contribution in [3.8, 4) is 6.07 Å². The quantitative estimate of drug-likeness (QED) is 0.880. The number of benzene rings is 2. The number of nitrogens with one attached hydrogen (secondary N) is 1. The van der Waals surface area contributed by atoms with Gasteiger partial charge in [-0.3, -0.25) is 4.90 Å². The van der Waals surface area contributed by atoms with E-state index in [-0.39, 0.29) is 12.5 Å². The standard InChI is InChI=1S/C18H13ClFN3O/c19-15-3-1-2-4-16(15)23-12-24-18(17(23)11-21)9-10-22-14-7-5-13(20)6-8-14/h1-10,22H,12H2. The molecule has 1 aliphatic heterocycles. The highest BCUT2D eigenvalue weighted by Gasteiger charge is 2.25. The SMILES string of the molecule is N#CC1=C(C=CNc2ccc(F)cc2)OCN1c1ccccc1Cl. The predicted molar refractivity (Wildman–Crippen MR) is 91.7 cm³/mol. The fraction of sp³-hybridized carbons (Fsp3) is 0.0556. The summed E-state index contributed by atoms with van der Waals surface area (Å²) in [6.45, 7) is 0.211. The van der Waals surface area contributed by atoms with E-state index in [4.69, 9.17) is 16.3 Å². The van der Waals surface area contributed by atoms with Gasteiger partial charge >= 0.3 is 0 Å². The molecule has 24 heavy (non-hydrogen) atoms.